The van der Waals surface area contributed by atoms with Crippen molar-refractivity contribution in [1.82, 2.24) is 24.8 Å². The maximum Gasteiger partial charge on any atom is 0.330 e. The van der Waals surface area contributed by atoms with Gasteiger partial charge in [-0.05, 0) is 24.5 Å². The molecule has 3 amide bonds. The Bertz CT molecular complexity index is 1150. The molecule has 0 unspecified atom stereocenters. The first-order valence-electron chi connectivity index (χ1n) is 12.4. The van der Waals surface area contributed by atoms with Gasteiger partial charge in [-0.25, -0.2) is 9.78 Å². The van der Waals surface area contributed by atoms with Crippen molar-refractivity contribution in [2.45, 2.75) is 46.6 Å². The van der Waals surface area contributed by atoms with Crippen molar-refractivity contribution in [2.75, 3.05) is 25.5 Å². The molecule has 0 aliphatic rings. The molecule has 2 rings (SSSR count). The highest BCUT2D eigenvalue weighted by Gasteiger charge is 2.14. The zero-order valence-corrected chi connectivity index (χ0v) is 22.7. The number of carbonyl (C=O) groups is 4. The molecular formula is C26H38N6O6. The van der Waals surface area contributed by atoms with Crippen LogP contribution in [0.4, 0.5) is 5.69 Å². The van der Waals surface area contributed by atoms with E-state index in [1.807, 2.05) is 6.92 Å². The van der Waals surface area contributed by atoms with Gasteiger partial charge in [-0.15, -0.1) is 0 Å². The summed E-state index contributed by atoms with van der Waals surface area (Å²) in [6, 6.07) is 3.02. The van der Waals surface area contributed by atoms with Crippen LogP contribution in [0.2, 0.25) is 0 Å². The fourth-order valence-corrected chi connectivity index (χ4v) is 3.11. The summed E-state index contributed by atoms with van der Waals surface area (Å²) in [7, 11) is 3.03. The van der Waals surface area contributed by atoms with Gasteiger partial charge in [0, 0.05) is 25.9 Å². The summed E-state index contributed by atoms with van der Waals surface area (Å²) in [4.78, 5) is 62.9. The van der Waals surface area contributed by atoms with Gasteiger partial charge in [-0.3, -0.25) is 19.2 Å². The highest BCUT2D eigenvalue weighted by Crippen LogP contribution is 2.05. The molecule has 0 aliphatic heterocycles. The van der Waals surface area contributed by atoms with Crippen molar-refractivity contribution in [3.05, 3.63) is 59.1 Å². The number of nitrogens with one attached hydrogen (secondary N) is 3. The first-order chi connectivity index (χ1) is 18.2. The zero-order chi connectivity index (χ0) is 28.5. The third-order valence-electron chi connectivity index (χ3n) is 5.50. The van der Waals surface area contributed by atoms with Crippen molar-refractivity contribution in [3.63, 3.8) is 0 Å². The minimum Gasteiger partial charge on any atom is -0.466 e. The Labute approximate surface area is 222 Å². The molecule has 0 fully saturated rings. The van der Waals surface area contributed by atoms with Crippen LogP contribution in [0.3, 0.4) is 0 Å². The monoisotopic (exact) mass is 530 g/mol. The van der Waals surface area contributed by atoms with Gasteiger partial charge in [-0.2, -0.15) is 0 Å². The van der Waals surface area contributed by atoms with E-state index in [4.69, 9.17) is 0 Å². The lowest BCUT2D eigenvalue weighted by molar-refractivity contribution is -0.134. The average Bonchev–Trinajstić information content (AvgIpc) is 3.35. The number of anilines is 1. The smallest absolute Gasteiger partial charge is 0.330 e. The zero-order valence-electron chi connectivity index (χ0n) is 22.7. The molecule has 12 heteroatoms. The fraction of sp³-hybridized carbons (Fsp3) is 0.462. The molecule has 12 nitrogen and oxygen atoms in total. The largest absolute Gasteiger partial charge is 0.466 e. The van der Waals surface area contributed by atoms with Gasteiger partial charge < -0.3 is 29.8 Å². The number of hydrogen-bond donors (Lipinski definition) is 3. The summed E-state index contributed by atoms with van der Waals surface area (Å²) in [5, 5.41) is 7.76. The maximum absolute atomic E-state index is 12.5. The predicted molar refractivity (Wildman–Crippen MR) is 143 cm³/mol. The van der Waals surface area contributed by atoms with E-state index in [0.29, 0.717) is 18.2 Å². The summed E-state index contributed by atoms with van der Waals surface area (Å²) >= 11 is 0. The van der Waals surface area contributed by atoms with Gasteiger partial charge in [0.15, 0.2) is 0 Å². The topological polar surface area (TPSA) is 153 Å². The van der Waals surface area contributed by atoms with Crippen LogP contribution >= 0.6 is 0 Å². The van der Waals surface area contributed by atoms with Gasteiger partial charge in [0.05, 0.1) is 26.2 Å². The van der Waals surface area contributed by atoms with Crippen molar-refractivity contribution in [2.24, 2.45) is 13.0 Å². The quantitative estimate of drug-likeness (QED) is 0.278. The fourth-order valence-electron chi connectivity index (χ4n) is 3.11. The minimum atomic E-state index is -0.557. The molecule has 0 aliphatic carbocycles. The molecule has 0 bridgehead atoms. The average molecular weight is 531 g/mol. The van der Waals surface area contributed by atoms with E-state index in [2.05, 4.69) is 39.5 Å². The van der Waals surface area contributed by atoms with E-state index in [1.54, 1.807) is 19.2 Å². The Kier molecular flexibility index (Phi) is 14.5. The Hall–Kier alpha value is -4.22. The van der Waals surface area contributed by atoms with Crippen LogP contribution < -0.4 is 21.5 Å². The van der Waals surface area contributed by atoms with Crippen LogP contribution in [-0.2, 0) is 32.7 Å². The van der Waals surface area contributed by atoms with Crippen molar-refractivity contribution >= 4 is 29.4 Å². The minimum absolute atomic E-state index is 0.0325. The van der Waals surface area contributed by atoms with E-state index in [0.717, 1.165) is 19.3 Å². The van der Waals surface area contributed by atoms with Crippen LogP contribution in [0.15, 0.2) is 47.8 Å². The summed E-state index contributed by atoms with van der Waals surface area (Å²) < 4.78 is 7.08. The summed E-state index contributed by atoms with van der Waals surface area (Å²) in [5.74, 6) is -1.16. The molecule has 2 aromatic heterocycles. The molecule has 0 spiro atoms. The molecule has 0 saturated heterocycles. The van der Waals surface area contributed by atoms with Crippen LogP contribution in [-0.4, -0.2) is 58.0 Å². The lowest BCUT2D eigenvalue weighted by Crippen LogP contribution is -2.37. The highest BCUT2D eigenvalue weighted by atomic mass is 16.5. The third-order valence-corrected chi connectivity index (χ3v) is 5.50. The van der Waals surface area contributed by atoms with Gasteiger partial charge >= 0.3 is 5.97 Å². The van der Waals surface area contributed by atoms with Crippen LogP contribution in [0.5, 0.6) is 0 Å². The number of hydrogen-bond acceptors (Lipinski definition) is 7. The number of aryl methyl sites for hydroxylation is 1. The Balaban J connectivity index is 0.000000781. The van der Waals surface area contributed by atoms with Gasteiger partial charge in [0.1, 0.15) is 17.9 Å². The number of ether oxygens (including phenoxy) is 1. The summed E-state index contributed by atoms with van der Waals surface area (Å²) in [6.45, 7) is 6.20. The molecule has 38 heavy (non-hydrogen) atoms. The SMILES string of the molecule is CC/C=C/C(=O)OC.CCC(CC)CNC(=O)Cn1cccc(NC(=O)CNC(=O)c2cncn2C)c1=O. The number of nitrogens with zero attached hydrogens (tertiary/aromatic N) is 3. The molecule has 3 N–H and O–H groups in total. The number of pyridine rings is 1. The lowest BCUT2D eigenvalue weighted by atomic mass is 10.0. The van der Waals surface area contributed by atoms with Crippen molar-refractivity contribution in [3.8, 4) is 0 Å². The second-order valence-corrected chi connectivity index (χ2v) is 8.30. The van der Waals surface area contributed by atoms with Gasteiger partial charge in [0.25, 0.3) is 11.5 Å². The van der Waals surface area contributed by atoms with E-state index in [9.17, 15) is 24.0 Å². The number of allylic oxidation sites excluding steroid dienone is 1. The van der Waals surface area contributed by atoms with E-state index in [-0.39, 0.29) is 30.7 Å². The number of aromatic nitrogens is 3. The predicted octanol–water partition coefficient (Wildman–Crippen LogP) is 1.63. The molecule has 208 valence electrons. The second kappa shape index (κ2) is 17.3. The van der Waals surface area contributed by atoms with Crippen molar-refractivity contribution in [1.29, 1.82) is 0 Å². The maximum atomic E-state index is 12.5. The van der Waals surface area contributed by atoms with E-state index in [1.165, 1.54) is 47.1 Å². The Morgan fingerprint density at radius 1 is 1.11 bits per heavy atom. The normalized spacial score (nSPS) is 10.5. The first-order valence-corrected chi connectivity index (χ1v) is 12.4. The number of esters is 1. The molecule has 2 heterocycles. The third kappa shape index (κ3) is 11.2. The van der Waals surface area contributed by atoms with Crippen LogP contribution in [0.1, 0.15) is 50.5 Å². The van der Waals surface area contributed by atoms with Crippen molar-refractivity contribution < 1.29 is 23.9 Å². The molecular weight excluding hydrogens is 492 g/mol. The van der Waals surface area contributed by atoms with Gasteiger partial charge in [-0.1, -0.05) is 39.7 Å². The number of carbonyl (C=O) groups excluding carboxylic acids is 4. The Morgan fingerprint density at radius 3 is 2.39 bits per heavy atom. The Morgan fingerprint density at radius 2 is 1.82 bits per heavy atom. The van der Waals surface area contributed by atoms with E-state index < -0.39 is 17.4 Å². The molecule has 0 atom stereocenters. The van der Waals surface area contributed by atoms with Gasteiger partial charge in [0.2, 0.25) is 11.8 Å². The molecule has 0 radical (unpaired) electrons. The van der Waals surface area contributed by atoms with Crippen LogP contribution in [0.25, 0.3) is 0 Å². The summed E-state index contributed by atoms with van der Waals surface area (Å²) in [6.07, 6.45) is 10.3. The number of methoxy groups -OCH3 is 1. The standard InChI is InChI=1S/C20H28N6O4.C6H10O2/c1-4-14(5-2)9-22-18(28)12-26-8-6-7-15(20(26)30)24-17(27)11-23-19(29)16-10-21-13-25(16)3;1-3-4-5-6(7)8-2/h6-8,10,13-14H,4-5,9,11-12H2,1-3H3,(H,22,28)(H,23,29)(H,24,27);4-5H,3H2,1-2H3/b;5-4+. The molecule has 0 aromatic carbocycles. The highest BCUT2D eigenvalue weighted by molar-refractivity contribution is 5.98. The number of imidazole rings is 1. The first kappa shape index (κ1) is 31.8. The summed E-state index contributed by atoms with van der Waals surface area (Å²) in [5.41, 5.74) is -0.157. The lowest BCUT2D eigenvalue weighted by Gasteiger charge is -2.14. The number of amides is 3. The molecule has 0 saturated carbocycles. The van der Waals surface area contributed by atoms with Crippen LogP contribution in [0, 0.1) is 5.92 Å². The number of rotatable bonds is 12. The van der Waals surface area contributed by atoms with E-state index >= 15 is 0 Å². The second-order valence-electron chi connectivity index (χ2n) is 8.30. The molecule has 2 aromatic rings.